The highest BCUT2D eigenvalue weighted by molar-refractivity contribution is 5.97. The van der Waals surface area contributed by atoms with Crippen molar-refractivity contribution in [3.63, 3.8) is 0 Å². The maximum Gasteiger partial charge on any atom is 0.404 e. The molecule has 0 saturated carbocycles. The SMILES string of the molecule is CCN(C(=O)c1cc(F)ccc1Oc1nncnc1N1CCC2(C1)CN(C(CC(O)COC(N)=O)C(C)C)C2)C(C)C. The molecule has 13 heteroatoms. The fourth-order valence-electron chi connectivity index (χ4n) is 6.09. The first-order valence-electron chi connectivity index (χ1n) is 14.5. The Morgan fingerprint density at radius 1 is 1.21 bits per heavy atom. The van der Waals surface area contributed by atoms with Gasteiger partial charge in [-0.15, -0.1) is 10.2 Å². The van der Waals surface area contributed by atoms with Gasteiger partial charge in [0.05, 0.1) is 11.7 Å². The highest BCUT2D eigenvalue weighted by atomic mass is 19.1. The van der Waals surface area contributed by atoms with Gasteiger partial charge in [-0.05, 0) is 57.7 Å². The van der Waals surface area contributed by atoms with Crippen LogP contribution < -0.4 is 15.4 Å². The third kappa shape index (κ3) is 7.06. The smallest absolute Gasteiger partial charge is 0.404 e. The van der Waals surface area contributed by atoms with Gasteiger partial charge < -0.3 is 30.1 Å². The summed E-state index contributed by atoms with van der Waals surface area (Å²) in [5, 5.41) is 18.5. The molecule has 0 bridgehead atoms. The van der Waals surface area contributed by atoms with Crippen molar-refractivity contribution >= 4 is 17.8 Å². The molecule has 2 aliphatic heterocycles. The first-order chi connectivity index (χ1) is 19.9. The molecular weight excluding hydrogens is 545 g/mol. The zero-order chi connectivity index (χ0) is 30.6. The van der Waals surface area contributed by atoms with E-state index < -0.39 is 18.0 Å². The molecule has 2 atom stereocenters. The van der Waals surface area contributed by atoms with E-state index in [4.69, 9.17) is 15.2 Å². The van der Waals surface area contributed by atoms with Gasteiger partial charge in [0.15, 0.2) is 5.82 Å². The first-order valence-corrected chi connectivity index (χ1v) is 14.5. The lowest BCUT2D eigenvalue weighted by atomic mass is 9.76. The highest BCUT2D eigenvalue weighted by Gasteiger charge is 2.50. The Labute approximate surface area is 246 Å². The summed E-state index contributed by atoms with van der Waals surface area (Å²) in [7, 11) is 0. The average Bonchev–Trinajstić information content (AvgIpc) is 3.37. The predicted molar refractivity (Wildman–Crippen MR) is 154 cm³/mol. The Morgan fingerprint density at radius 2 is 1.95 bits per heavy atom. The van der Waals surface area contributed by atoms with Crippen LogP contribution in [0.25, 0.3) is 0 Å². The van der Waals surface area contributed by atoms with Gasteiger partial charge in [-0.1, -0.05) is 13.8 Å². The van der Waals surface area contributed by atoms with E-state index >= 15 is 0 Å². The predicted octanol–water partition coefficient (Wildman–Crippen LogP) is 3.06. The molecule has 12 nitrogen and oxygen atoms in total. The van der Waals surface area contributed by atoms with E-state index in [0.29, 0.717) is 24.7 Å². The van der Waals surface area contributed by atoms with Crippen LogP contribution in [0.3, 0.4) is 0 Å². The number of likely N-dealkylation sites (tertiary alicyclic amines) is 1. The summed E-state index contributed by atoms with van der Waals surface area (Å²) < 4.78 is 25.1. The Bertz CT molecular complexity index is 1260. The normalized spacial score (nSPS) is 17.8. The Morgan fingerprint density at radius 3 is 2.60 bits per heavy atom. The third-order valence-corrected chi connectivity index (χ3v) is 8.16. The van der Waals surface area contributed by atoms with Gasteiger partial charge in [-0.25, -0.2) is 14.2 Å². The minimum absolute atomic E-state index is 0.0416. The number of anilines is 1. The molecule has 1 aromatic heterocycles. The maximum atomic E-state index is 14.2. The minimum Gasteiger partial charge on any atom is -0.447 e. The minimum atomic E-state index is -0.896. The first kappa shape index (κ1) is 31.4. The van der Waals surface area contributed by atoms with Crippen molar-refractivity contribution < 1.29 is 28.6 Å². The van der Waals surface area contributed by atoms with Crippen LogP contribution in [0.2, 0.25) is 0 Å². The van der Waals surface area contributed by atoms with Crippen LogP contribution in [0.1, 0.15) is 57.8 Å². The lowest BCUT2D eigenvalue weighted by Gasteiger charge is -2.53. The van der Waals surface area contributed by atoms with E-state index in [1.807, 2.05) is 20.8 Å². The molecule has 0 aliphatic carbocycles. The number of aromatic nitrogens is 3. The molecule has 230 valence electrons. The van der Waals surface area contributed by atoms with E-state index in [-0.39, 0.29) is 47.2 Å². The molecule has 1 aromatic carbocycles. The molecular formula is C29H42FN7O5. The Hall–Kier alpha value is -3.58. The van der Waals surface area contributed by atoms with Crippen LogP contribution in [-0.4, -0.2) is 99.6 Å². The van der Waals surface area contributed by atoms with Gasteiger partial charge in [-0.2, -0.15) is 0 Å². The van der Waals surface area contributed by atoms with E-state index in [2.05, 4.69) is 38.8 Å². The summed E-state index contributed by atoms with van der Waals surface area (Å²) in [6.07, 6.45) is 1.09. The van der Waals surface area contributed by atoms with Gasteiger partial charge >= 0.3 is 6.09 Å². The summed E-state index contributed by atoms with van der Waals surface area (Å²) in [6.45, 7) is 13.4. The van der Waals surface area contributed by atoms with E-state index in [1.165, 1.54) is 24.5 Å². The monoisotopic (exact) mass is 587 g/mol. The number of carbonyl (C=O) groups is 2. The van der Waals surface area contributed by atoms with Crippen LogP contribution in [-0.2, 0) is 4.74 Å². The van der Waals surface area contributed by atoms with E-state index in [1.54, 1.807) is 4.90 Å². The second-order valence-corrected chi connectivity index (χ2v) is 11.9. The molecule has 2 amide bonds. The largest absolute Gasteiger partial charge is 0.447 e. The molecule has 2 fully saturated rings. The molecule has 2 unspecified atom stereocenters. The number of nitrogens with two attached hydrogens (primary N) is 1. The second-order valence-electron chi connectivity index (χ2n) is 11.9. The van der Waals surface area contributed by atoms with Crippen molar-refractivity contribution in [1.29, 1.82) is 0 Å². The summed E-state index contributed by atoms with van der Waals surface area (Å²) in [5.74, 6) is 0.274. The van der Waals surface area contributed by atoms with E-state index in [9.17, 15) is 19.1 Å². The van der Waals surface area contributed by atoms with Crippen molar-refractivity contribution in [2.24, 2.45) is 17.1 Å². The second kappa shape index (κ2) is 13.2. The molecule has 0 radical (unpaired) electrons. The molecule has 2 aromatic rings. The number of ether oxygens (including phenoxy) is 2. The van der Waals surface area contributed by atoms with Crippen LogP contribution in [0.5, 0.6) is 11.6 Å². The standard InChI is InChI=1S/C29H42FN7O5/c1-6-37(19(4)5)27(39)22-11-20(30)7-8-24(22)42-26-25(32-17-33-34-26)35-10-9-29(14-35)15-36(16-29)23(18(2)3)12-21(38)13-41-28(31)40/h7-8,11,17-19,21,23,38H,6,9-10,12-16H2,1-5H3,(H2,31,40). The number of carbonyl (C=O) groups excluding carboxylic acids is 2. The molecule has 4 rings (SSSR count). The number of amides is 2. The van der Waals surface area contributed by atoms with Crippen molar-refractivity contribution in [3.8, 4) is 11.6 Å². The summed E-state index contributed by atoms with van der Waals surface area (Å²) >= 11 is 0. The number of aliphatic hydroxyl groups excluding tert-OH is 1. The molecule has 42 heavy (non-hydrogen) atoms. The fourth-order valence-corrected chi connectivity index (χ4v) is 6.09. The van der Waals surface area contributed by atoms with Crippen molar-refractivity contribution in [3.05, 3.63) is 35.9 Å². The topological polar surface area (TPSA) is 147 Å². The zero-order valence-electron chi connectivity index (χ0n) is 25.0. The Kier molecular flexibility index (Phi) is 9.82. The number of hydrogen-bond acceptors (Lipinski definition) is 10. The molecule has 2 saturated heterocycles. The average molecular weight is 588 g/mol. The van der Waals surface area contributed by atoms with Gasteiger partial charge in [0.1, 0.15) is 24.5 Å². The maximum absolute atomic E-state index is 14.2. The number of rotatable bonds is 12. The molecule has 3 N–H and O–H groups in total. The molecule has 1 spiro atoms. The van der Waals surface area contributed by atoms with Crippen LogP contribution in [0, 0.1) is 17.2 Å². The molecule has 3 heterocycles. The fraction of sp³-hybridized carbons (Fsp3) is 0.621. The lowest BCUT2D eigenvalue weighted by molar-refractivity contribution is -0.0513. The van der Waals surface area contributed by atoms with Crippen LogP contribution in [0.4, 0.5) is 15.0 Å². The van der Waals surface area contributed by atoms with Crippen molar-refractivity contribution in [2.45, 2.75) is 65.6 Å². The van der Waals surface area contributed by atoms with Crippen molar-refractivity contribution in [1.82, 2.24) is 25.0 Å². The number of aliphatic hydroxyl groups is 1. The zero-order valence-corrected chi connectivity index (χ0v) is 25.0. The highest BCUT2D eigenvalue weighted by Crippen LogP contribution is 2.44. The third-order valence-electron chi connectivity index (χ3n) is 8.16. The van der Waals surface area contributed by atoms with Crippen molar-refractivity contribution in [2.75, 3.05) is 44.2 Å². The number of halogens is 1. The summed E-state index contributed by atoms with van der Waals surface area (Å²) in [6, 6.07) is 3.91. The number of primary amides is 1. The number of benzene rings is 1. The number of nitrogens with zero attached hydrogens (tertiary/aromatic N) is 6. The summed E-state index contributed by atoms with van der Waals surface area (Å²) in [4.78, 5) is 34.8. The number of hydrogen-bond donors (Lipinski definition) is 2. The van der Waals surface area contributed by atoms with Crippen LogP contribution >= 0.6 is 0 Å². The lowest BCUT2D eigenvalue weighted by Crippen LogP contribution is -2.62. The van der Waals surface area contributed by atoms with Crippen LogP contribution in [0.15, 0.2) is 24.5 Å². The molecule has 2 aliphatic rings. The van der Waals surface area contributed by atoms with Gasteiger partial charge in [0, 0.05) is 50.2 Å². The van der Waals surface area contributed by atoms with Gasteiger partial charge in [-0.3, -0.25) is 9.69 Å². The summed E-state index contributed by atoms with van der Waals surface area (Å²) in [5.41, 5.74) is 5.19. The quantitative estimate of drug-likeness (QED) is 0.380. The van der Waals surface area contributed by atoms with E-state index in [0.717, 1.165) is 32.6 Å². The Balaban J connectivity index is 1.46. The van der Waals surface area contributed by atoms with Gasteiger partial charge in [0.2, 0.25) is 0 Å². The van der Waals surface area contributed by atoms with Gasteiger partial charge in [0.25, 0.3) is 11.8 Å².